The molecule has 0 unspecified atom stereocenters. The molecule has 5 nitrogen and oxygen atoms in total. The summed E-state index contributed by atoms with van der Waals surface area (Å²) < 4.78 is 42.1. The molecule has 0 bridgehead atoms. The maximum atomic E-state index is 12.3. The van der Waals surface area contributed by atoms with Crippen LogP contribution in [0.15, 0.2) is 36.8 Å². The van der Waals surface area contributed by atoms with Crippen molar-refractivity contribution in [3.63, 3.8) is 0 Å². The molecule has 0 aliphatic carbocycles. The van der Waals surface area contributed by atoms with Gasteiger partial charge >= 0.3 is 12.1 Å². The van der Waals surface area contributed by atoms with Crippen molar-refractivity contribution >= 4 is 5.97 Å². The van der Waals surface area contributed by atoms with Crippen molar-refractivity contribution < 1.29 is 27.8 Å². The van der Waals surface area contributed by atoms with Crippen molar-refractivity contribution in [2.24, 2.45) is 0 Å². The second-order valence-corrected chi connectivity index (χ2v) is 3.70. The van der Waals surface area contributed by atoms with E-state index in [-0.39, 0.29) is 17.2 Å². The van der Waals surface area contributed by atoms with Crippen LogP contribution in [0.4, 0.5) is 13.2 Å². The van der Waals surface area contributed by atoms with Crippen molar-refractivity contribution in [1.82, 2.24) is 9.97 Å². The third kappa shape index (κ3) is 3.22. The lowest BCUT2D eigenvalue weighted by Gasteiger charge is -2.08. The molecular formula is C12H7F3N2O3. The molecule has 1 N–H and O–H groups in total. The molecule has 2 aromatic heterocycles. The number of hydrogen-bond acceptors (Lipinski definition) is 4. The molecule has 0 saturated carbocycles. The monoisotopic (exact) mass is 284 g/mol. The van der Waals surface area contributed by atoms with Gasteiger partial charge in [-0.25, -0.2) is 9.78 Å². The van der Waals surface area contributed by atoms with E-state index in [1.807, 2.05) is 0 Å². The van der Waals surface area contributed by atoms with E-state index in [4.69, 9.17) is 9.84 Å². The summed E-state index contributed by atoms with van der Waals surface area (Å²) >= 11 is 0. The van der Waals surface area contributed by atoms with E-state index in [9.17, 15) is 18.0 Å². The molecule has 0 spiro atoms. The number of hydrogen-bond donors (Lipinski definition) is 1. The molecule has 0 amide bonds. The second kappa shape index (κ2) is 5.16. The van der Waals surface area contributed by atoms with Crippen LogP contribution in [0.25, 0.3) is 0 Å². The minimum atomic E-state index is -4.48. The van der Waals surface area contributed by atoms with Crippen LogP contribution in [0, 0.1) is 0 Å². The highest BCUT2D eigenvalue weighted by atomic mass is 19.4. The van der Waals surface area contributed by atoms with E-state index in [1.165, 1.54) is 12.3 Å². The van der Waals surface area contributed by atoms with Gasteiger partial charge in [-0.05, 0) is 12.1 Å². The second-order valence-electron chi connectivity index (χ2n) is 3.70. The maximum absolute atomic E-state index is 12.3. The number of carbonyl (C=O) groups is 1. The molecule has 2 rings (SSSR count). The predicted molar refractivity (Wildman–Crippen MR) is 60.5 cm³/mol. The largest absolute Gasteiger partial charge is 0.478 e. The quantitative estimate of drug-likeness (QED) is 0.938. The van der Waals surface area contributed by atoms with Crippen molar-refractivity contribution in [1.29, 1.82) is 0 Å². The number of rotatable bonds is 3. The molecule has 20 heavy (non-hydrogen) atoms. The third-order valence-corrected chi connectivity index (χ3v) is 2.25. The van der Waals surface area contributed by atoms with E-state index in [0.29, 0.717) is 6.20 Å². The van der Waals surface area contributed by atoms with Gasteiger partial charge < -0.3 is 9.84 Å². The first-order valence-corrected chi connectivity index (χ1v) is 5.26. The van der Waals surface area contributed by atoms with Crippen molar-refractivity contribution in [2.45, 2.75) is 6.18 Å². The van der Waals surface area contributed by atoms with Crippen LogP contribution in [-0.2, 0) is 6.18 Å². The van der Waals surface area contributed by atoms with Gasteiger partial charge in [0.25, 0.3) is 0 Å². The predicted octanol–water partition coefficient (Wildman–Crippen LogP) is 2.99. The zero-order valence-corrected chi connectivity index (χ0v) is 9.76. The Morgan fingerprint density at radius 1 is 1.20 bits per heavy atom. The Balaban J connectivity index is 2.18. The number of halogens is 3. The summed E-state index contributed by atoms with van der Waals surface area (Å²) in [5, 5.41) is 8.77. The molecule has 2 heterocycles. The fourth-order valence-corrected chi connectivity index (χ4v) is 1.32. The van der Waals surface area contributed by atoms with E-state index < -0.39 is 17.7 Å². The van der Waals surface area contributed by atoms with Gasteiger partial charge in [-0.3, -0.25) is 4.98 Å². The molecule has 0 radical (unpaired) electrons. The number of aromatic carboxylic acids is 1. The normalized spacial score (nSPS) is 11.2. The molecule has 0 saturated heterocycles. The van der Waals surface area contributed by atoms with Gasteiger partial charge in [-0.15, -0.1) is 0 Å². The fraction of sp³-hybridized carbons (Fsp3) is 0.0833. The fourth-order valence-electron chi connectivity index (χ4n) is 1.32. The Morgan fingerprint density at radius 3 is 2.50 bits per heavy atom. The molecule has 0 aliphatic heterocycles. The zero-order chi connectivity index (χ0) is 14.8. The van der Waals surface area contributed by atoms with E-state index >= 15 is 0 Å². The SMILES string of the molecule is O=C(O)c1cncc(Oc2ccc(C(F)(F)F)cn2)c1. The summed E-state index contributed by atoms with van der Waals surface area (Å²) in [5.41, 5.74) is -1.00. The maximum Gasteiger partial charge on any atom is 0.417 e. The number of aromatic nitrogens is 2. The molecular weight excluding hydrogens is 277 g/mol. The summed E-state index contributed by atoms with van der Waals surface area (Å²) in [7, 11) is 0. The molecule has 8 heteroatoms. The first kappa shape index (κ1) is 13.8. The van der Waals surface area contributed by atoms with Crippen LogP contribution in [0.3, 0.4) is 0 Å². The molecule has 0 atom stereocenters. The number of ether oxygens (including phenoxy) is 1. The van der Waals surface area contributed by atoms with Crippen LogP contribution in [0.2, 0.25) is 0 Å². The van der Waals surface area contributed by atoms with E-state index in [1.54, 1.807) is 0 Å². The average molecular weight is 284 g/mol. The Bertz CT molecular complexity index is 627. The number of carboxylic acid groups (broad SMARTS) is 1. The molecule has 104 valence electrons. The Hall–Kier alpha value is -2.64. The highest BCUT2D eigenvalue weighted by Crippen LogP contribution is 2.29. The van der Waals surface area contributed by atoms with Crippen molar-refractivity contribution in [3.8, 4) is 11.6 Å². The Morgan fingerprint density at radius 2 is 1.95 bits per heavy atom. The molecule has 0 aromatic carbocycles. The van der Waals surface area contributed by atoms with E-state index in [0.717, 1.165) is 18.3 Å². The van der Waals surface area contributed by atoms with Crippen LogP contribution in [0.5, 0.6) is 11.6 Å². The highest BCUT2D eigenvalue weighted by Gasteiger charge is 2.30. The minimum Gasteiger partial charge on any atom is -0.478 e. The summed E-state index contributed by atoms with van der Waals surface area (Å²) in [6.07, 6.45) is -1.50. The lowest BCUT2D eigenvalue weighted by atomic mass is 10.3. The minimum absolute atomic E-state index is 0.0668. The number of nitrogens with zero attached hydrogens (tertiary/aromatic N) is 2. The molecule has 0 aliphatic rings. The van der Waals surface area contributed by atoms with Gasteiger partial charge in [0.2, 0.25) is 5.88 Å². The molecule has 0 fully saturated rings. The average Bonchev–Trinajstić information content (AvgIpc) is 2.38. The standard InChI is InChI=1S/C12H7F3N2O3/c13-12(14,15)8-1-2-10(17-5-8)20-9-3-7(11(18)19)4-16-6-9/h1-6H,(H,18,19). The number of alkyl halides is 3. The summed E-state index contributed by atoms with van der Waals surface area (Å²) in [4.78, 5) is 17.9. The van der Waals surface area contributed by atoms with Gasteiger partial charge in [0, 0.05) is 18.5 Å². The molecule has 2 aromatic rings. The smallest absolute Gasteiger partial charge is 0.417 e. The Labute approximate surface area is 110 Å². The van der Waals surface area contributed by atoms with Crippen LogP contribution < -0.4 is 4.74 Å². The van der Waals surface area contributed by atoms with Gasteiger partial charge in [0.15, 0.2) is 0 Å². The highest BCUT2D eigenvalue weighted by molar-refractivity contribution is 5.87. The zero-order valence-electron chi connectivity index (χ0n) is 9.76. The first-order chi connectivity index (χ1) is 9.36. The topological polar surface area (TPSA) is 72.3 Å². The van der Waals surface area contributed by atoms with Crippen LogP contribution in [0.1, 0.15) is 15.9 Å². The lowest BCUT2D eigenvalue weighted by molar-refractivity contribution is -0.137. The van der Waals surface area contributed by atoms with Crippen molar-refractivity contribution in [2.75, 3.05) is 0 Å². The third-order valence-electron chi connectivity index (χ3n) is 2.25. The Kier molecular flexibility index (Phi) is 3.55. The first-order valence-electron chi connectivity index (χ1n) is 5.26. The van der Waals surface area contributed by atoms with Crippen LogP contribution >= 0.6 is 0 Å². The van der Waals surface area contributed by atoms with Gasteiger partial charge in [0.1, 0.15) is 5.75 Å². The van der Waals surface area contributed by atoms with Gasteiger partial charge in [-0.2, -0.15) is 13.2 Å². The van der Waals surface area contributed by atoms with Crippen molar-refractivity contribution in [3.05, 3.63) is 47.9 Å². The van der Waals surface area contributed by atoms with E-state index in [2.05, 4.69) is 9.97 Å². The van der Waals surface area contributed by atoms with Gasteiger partial charge in [0.05, 0.1) is 17.3 Å². The number of pyridine rings is 2. The summed E-state index contributed by atoms with van der Waals surface area (Å²) in [6, 6.07) is 3.04. The van der Waals surface area contributed by atoms with Crippen LogP contribution in [-0.4, -0.2) is 21.0 Å². The summed E-state index contributed by atoms with van der Waals surface area (Å²) in [6.45, 7) is 0. The summed E-state index contributed by atoms with van der Waals surface area (Å²) in [5.74, 6) is -1.22. The number of carboxylic acids is 1. The van der Waals surface area contributed by atoms with Gasteiger partial charge in [-0.1, -0.05) is 0 Å². The lowest BCUT2D eigenvalue weighted by Crippen LogP contribution is -2.05.